The number of aromatic nitrogens is 2. The van der Waals surface area contributed by atoms with Crippen LogP contribution in [0.15, 0.2) is 63.7 Å². The van der Waals surface area contributed by atoms with Gasteiger partial charge in [0.25, 0.3) is 5.91 Å². The molecule has 140 valence electrons. The number of ether oxygens (including phenoxy) is 1. The van der Waals surface area contributed by atoms with E-state index in [0.717, 1.165) is 4.57 Å². The second-order valence-electron chi connectivity index (χ2n) is 5.65. The van der Waals surface area contributed by atoms with Crippen molar-refractivity contribution in [3.63, 3.8) is 0 Å². The van der Waals surface area contributed by atoms with Crippen LogP contribution in [0.1, 0.15) is 5.56 Å². The van der Waals surface area contributed by atoms with Crippen molar-refractivity contribution < 1.29 is 9.53 Å². The second-order valence-corrected chi connectivity index (χ2v) is 5.65. The van der Waals surface area contributed by atoms with Crippen molar-refractivity contribution in [2.45, 2.75) is 0 Å². The predicted octanol–water partition coefficient (Wildman–Crippen LogP) is 0.471. The molecule has 3 aromatic rings. The molecule has 4 N–H and O–H groups in total. The van der Waals surface area contributed by atoms with Gasteiger partial charge in [-0.05, 0) is 36.4 Å². The Balaban J connectivity index is 2.50. The molecule has 0 radical (unpaired) electrons. The molecule has 1 aromatic heterocycles. The summed E-state index contributed by atoms with van der Waals surface area (Å²) in [6.45, 7) is 0. The normalized spacial score (nSPS) is 11.5. The van der Waals surface area contributed by atoms with E-state index in [4.69, 9.17) is 10.6 Å². The highest BCUT2D eigenvalue weighted by molar-refractivity contribution is 6.05. The molecule has 0 saturated heterocycles. The standard InChI is InChI=1S/C19H15N5O4/c1-28-12-8-6-11(7-9-12)16(13(10-20)17(25)23-21)24-15-5-3-2-4-14(15)22-18(26)19(24)27/h2-9H,21H2,1H3,(H,22,26)(H,23,25)/b16-13-. The zero-order chi connectivity index (χ0) is 20.3. The Hall–Kier alpha value is -4.16. The molecule has 2 aromatic carbocycles. The van der Waals surface area contributed by atoms with Crippen molar-refractivity contribution in [1.29, 1.82) is 5.26 Å². The Labute approximate surface area is 158 Å². The Morgan fingerprint density at radius 1 is 1.18 bits per heavy atom. The molecule has 0 aliphatic carbocycles. The van der Waals surface area contributed by atoms with Crippen LogP contribution in [-0.4, -0.2) is 22.6 Å². The van der Waals surface area contributed by atoms with Crippen molar-refractivity contribution >= 4 is 22.6 Å². The molecule has 0 bridgehead atoms. The fraction of sp³-hybridized carbons (Fsp3) is 0.0526. The molecule has 28 heavy (non-hydrogen) atoms. The summed E-state index contributed by atoms with van der Waals surface area (Å²) in [6.07, 6.45) is 0. The quantitative estimate of drug-likeness (QED) is 0.151. The van der Waals surface area contributed by atoms with Gasteiger partial charge < -0.3 is 9.72 Å². The van der Waals surface area contributed by atoms with E-state index in [2.05, 4.69) is 4.98 Å². The summed E-state index contributed by atoms with van der Waals surface area (Å²) in [6, 6.07) is 14.7. The Morgan fingerprint density at radius 2 is 1.86 bits per heavy atom. The zero-order valence-corrected chi connectivity index (χ0v) is 14.7. The number of hydrazine groups is 1. The molecule has 0 saturated carbocycles. The first-order valence-electron chi connectivity index (χ1n) is 8.06. The molecule has 0 atom stereocenters. The van der Waals surface area contributed by atoms with E-state index >= 15 is 0 Å². The van der Waals surface area contributed by atoms with E-state index in [1.165, 1.54) is 7.11 Å². The fourth-order valence-electron chi connectivity index (χ4n) is 2.80. The van der Waals surface area contributed by atoms with Crippen molar-refractivity contribution in [3.05, 3.63) is 80.4 Å². The number of para-hydroxylation sites is 2. The van der Waals surface area contributed by atoms with E-state index in [-0.39, 0.29) is 5.70 Å². The van der Waals surface area contributed by atoms with Crippen molar-refractivity contribution in [3.8, 4) is 11.8 Å². The molecule has 3 rings (SSSR count). The summed E-state index contributed by atoms with van der Waals surface area (Å²) in [7, 11) is 1.49. The lowest BCUT2D eigenvalue weighted by atomic mass is 10.1. The van der Waals surface area contributed by atoms with Crippen LogP contribution in [0.25, 0.3) is 16.7 Å². The molecular weight excluding hydrogens is 362 g/mol. The number of nitrogens with zero attached hydrogens (tertiary/aromatic N) is 2. The number of aromatic amines is 1. The summed E-state index contributed by atoms with van der Waals surface area (Å²) in [5.74, 6) is 4.85. The van der Waals surface area contributed by atoms with E-state index in [1.807, 2.05) is 5.43 Å². The lowest BCUT2D eigenvalue weighted by Gasteiger charge is -2.16. The Bertz CT molecular complexity index is 1250. The third-order valence-electron chi connectivity index (χ3n) is 4.08. The number of carbonyl (C=O) groups excluding carboxylic acids is 1. The van der Waals surface area contributed by atoms with Gasteiger partial charge in [0.15, 0.2) is 0 Å². The van der Waals surface area contributed by atoms with Gasteiger partial charge >= 0.3 is 11.1 Å². The van der Waals surface area contributed by atoms with Crippen molar-refractivity contribution in [2.75, 3.05) is 7.11 Å². The van der Waals surface area contributed by atoms with E-state index in [9.17, 15) is 19.6 Å². The highest BCUT2D eigenvalue weighted by atomic mass is 16.5. The SMILES string of the molecule is COc1ccc(/C(=C(\C#N)C(=O)NN)n2c(=O)c(=O)[nH]c3ccccc32)cc1. The van der Waals surface area contributed by atoms with Crippen LogP contribution in [0.5, 0.6) is 5.75 Å². The Morgan fingerprint density at radius 3 is 2.46 bits per heavy atom. The van der Waals surface area contributed by atoms with Crippen LogP contribution in [0, 0.1) is 11.3 Å². The first-order valence-corrected chi connectivity index (χ1v) is 8.06. The highest BCUT2D eigenvalue weighted by Gasteiger charge is 2.22. The summed E-state index contributed by atoms with van der Waals surface area (Å²) >= 11 is 0. The van der Waals surface area contributed by atoms with Crippen LogP contribution < -0.4 is 27.1 Å². The van der Waals surface area contributed by atoms with Gasteiger partial charge in [0.05, 0.1) is 23.8 Å². The zero-order valence-electron chi connectivity index (χ0n) is 14.7. The average Bonchev–Trinajstić information content (AvgIpc) is 2.73. The summed E-state index contributed by atoms with van der Waals surface area (Å²) in [4.78, 5) is 39.7. The monoisotopic (exact) mass is 377 g/mol. The summed E-state index contributed by atoms with van der Waals surface area (Å²) in [5, 5.41) is 9.60. The predicted molar refractivity (Wildman–Crippen MR) is 102 cm³/mol. The topological polar surface area (TPSA) is 143 Å². The maximum atomic E-state index is 12.7. The van der Waals surface area contributed by atoms with E-state index < -0.39 is 22.6 Å². The van der Waals surface area contributed by atoms with Crippen LogP contribution in [0.4, 0.5) is 0 Å². The molecule has 9 heteroatoms. The third-order valence-corrected chi connectivity index (χ3v) is 4.08. The lowest BCUT2D eigenvalue weighted by molar-refractivity contribution is -0.117. The molecule has 0 aliphatic rings. The van der Waals surface area contributed by atoms with E-state index in [1.54, 1.807) is 54.6 Å². The number of methoxy groups -OCH3 is 1. The number of hydrogen-bond donors (Lipinski definition) is 3. The maximum absolute atomic E-state index is 12.7. The maximum Gasteiger partial charge on any atom is 0.321 e. The van der Waals surface area contributed by atoms with Crippen LogP contribution in [0.3, 0.4) is 0 Å². The first-order chi connectivity index (χ1) is 13.5. The Kier molecular flexibility index (Phi) is 5.06. The van der Waals surface area contributed by atoms with Gasteiger partial charge in [-0.2, -0.15) is 5.26 Å². The number of nitrogens with one attached hydrogen (secondary N) is 2. The minimum absolute atomic E-state index is 0.0691. The number of benzene rings is 2. The van der Waals surface area contributed by atoms with Gasteiger partial charge in [-0.15, -0.1) is 0 Å². The van der Waals surface area contributed by atoms with Crippen molar-refractivity contribution in [1.82, 2.24) is 15.0 Å². The van der Waals surface area contributed by atoms with Crippen molar-refractivity contribution in [2.24, 2.45) is 5.84 Å². The molecule has 9 nitrogen and oxygen atoms in total. The number of fused-ring (bicyclic) bond motifs is 1. The number of carbonyl (C=O) groups is 1. The number of hydrogen-bond acceptors (Lipinski definition) is 6. The number of nitrogens with two attached hydrogens (primary N) is 1. The number of rotatable bonds is 4. The molecule has 0 spiro atoms. The third kappa shape index (κ3) is 3.15. The molecule has 1 heterocycles. The molecule has 0 unspecified atom stereocenters. The highest BCUT2D eigenvalue weighted by Crippen LogP contribution is 2.25. The molecule has 0 aliphatic heterocycles. The number of nitriles is 1. The second kappa shape index (κ2) is 7.61. The average molecular weight is 377 g/mol. The number of H-pyrrole nitrogens is 1. The largest absolute Gasteiger partial charge is 0.497 e. The molecular formula is C19H15N5O4. The minimum atomic E-state index is -0.943. The van der Waals surface area contributed by atoms with Crippen LogP contribution in [0.2, 0.25) is 0 Å². The lowest BCUT2D eigenvalue weighted by Crippen LogP contribution is -2.38. The molecule has 1 amide bonds. The summed E-state index contributed by atoms with van der Waals surface area (Å²) < 4.78 is 6.15. The van der Waals surface area contributed by atoms with E-state index in [0.29, 0.717) is 22.3 Å². The minimum Gasteiger partial charge on any atom is -0.497 e. The number of amides is 1. The van der Waals surface area contributed by atoms with Crippen LogP contribution in [-0.2, 0) is 4.79 Å². The van der Waals surface area contributed by atoms with Gasteiger partial charge in [-0.25, -0.2) is 5.84 Å². The smallest absolute Gasteiger partial charge is 0.321 e. The van der Waals surface area contributed by atoms with Gasteiger partial charge in [-0.3, -0.25) is 24.4 Å². The van der Waals surface area contributed by atoms with Crippen LogP contribution >= 0.6 is 0 Å². The fourth-order valence-corrected chi connectivity index (χ4v) is 2.80. The molecule has 0 fully saturated rings. The summed E-state index contributed by atoms with van der Waals surface area (Å²) in [5.41, 5.74) is 0.591. The first kappa shape index (κ1) is 18.6. The van der Waals surface area contributed by atoms with Gasteiger partial charge in [0.1, 0.15) is 17.4 Å². The van der Waals surface area contributed by atoms with Gasteiger partial charge in [0, 0.05) is 5.56 Å². The van der Waals surface area contributed by atoms with Gasteiger partial charge in [-0.1, -0.05) is 12.1 Å². The van der Waals surface area contributed by atoms with Gasteiger partial charge in [0.2, 0.25) is 0 Å².